The standard InChI is InChI=1S/C16H29N3O/c1-18-16(15(17)20)8-3-6-14(16)7-9-19-10-12-4-2-5-13(12)11-19/h12-14,18H,2-11H2,1H3,(H2,17,20). The Morgan fingerprint density at radius 3 is 2.55 bits per heavy atom. The Morgan fingerprint density at radius 1 is 1.25 bits per heavy atom. The van der Waals surface area contributed by atoms with Gasteiger partial charge in [0.2, 0.25) is 5.91 Å². The summed E-state index contributed by atoms with van der Waals surface area (Å²) in [5.41, 5.74) is 5.24. The molecule has 0 radical (unpaired) electrons. The van der Waals surface area contributed by atoms with Gasteiger partial charge < -0.3 is 16.0 Å². The summed E-state index contributed by atoms with van der Waals surface area (Å²) >= 11 is 0. The van der Waals surface area contributed by atoms with Gasteiger partial charge in [-0.15, -0.1) is 0 Å². The maximum absolute atomic E-state index is 11.9. The molecule has 4 nitrogen and oxygen atoms in total. The number of nitrogens with zero attached hydrogens (tertiary/aromatic N) is 1. The summed E-state index contributed by atoms with van der Waals surface area (Å²) in [6, 6.07) is 0. The predicted molar refractivity (Wildman–Crippen MR) is 80.2 cm³/mol. The van der Waals surface area contributed by atoms with Gasteiger partial charge in [0.15, 0.2) is 0 Å². The summed E-state index contributed by atoms with van der Waals surface area (Å²) in [7, 11) is 1.89. The summed E-state index contributed by atoms with van der Waals surface area (Å²) in [6.07, 6.45) is 8.61. The van der Waals surface area contributed by atoms with E-state index in [0.717, 1.165) is 44.1 Å². The van der Waals surface area contributed by atoms with Gasteiger partial charge in [0.05, 0.1) is 0 Å². The minimum absolute atomic E-state index is 0.152. The second kappa shape index (κ2) is 5.64. The van der Waals surface area contributed by atoms with E-state index in [4.69, 9.17) is 5.73 Å². The van der Waals surface area contributed by atoms with Crippen molar-refractivity contribution in [2.45, 2.75) is 50.5 Å². The molecule has 2 aliphatic carbocycles. The molecule has 1 aliphatic heterocycles. The zero-order chi connectivity index (χ0) is 14.2. The first-order valence-corrected chi connectivity index (χ1v) is 8.37. The van der Waals surface area contributed by atoms with Crippen molar-refractivity contribution in [1.82, 2.24) is 10.2 Å². The second-order valence-electron chi connectivity index (χ2n) is 7.17. The van der Waals surface area contributed by atoms with Crippen molar-refractivity contribution >= 4 is 5.91 Å². The van der Waals surface area contributed by atoms with E-state index in [2.05, 4.69) is 10.2 Å². The highest BCUT2D eigenvalue weighted by atomic mass is 16.1. The number of likely N-dealkylation sites (tertiary alicyclic amines) is 1. The van der Waals surface area contributed by atoms with Gasteiger partial charge in [0.25, 0.3) is 0 Å². The number of rotatable bonds is 5. The van der Waals surface area contributed by atoms with Crippen LogP contribution in [0.5, 0.6) is 0 Å². The number of nitrogens with two attached hydrogens (primary N) is 1. The van der Waals surface area contributed by atoms with Crippen LogP contribution in [0.2, 0.25) is 0 Å². The van der Waals surface area contributed by atoms with Crippen LogP contribution in [0.1, 0.15) is 44.9 Å². The van der Waals surface area contributed by atoms with Crippen LogP contribution in [0.25, 0.3) is 0 Å². The van der Waals surface area contributed by atoms with Gasteiger partial charge >= 0.3 is 0 Å². The normalized spacial score (nSPS) is 41.1. The lowest BCUT2D eigenvalue weighted by atomic mass is 9.84. The molecule has 0 spiro atoms. The van der Waals surface area contributed by atoms with Crippen LogP contribution in [0, 0.1) is 17.8 Å². The second-order valence-corrected chi connectivity index (χ2v) is 7.17. The van der Waals surface area contributed by atoms with Gasteiger partial charge in [-0.1, -0.05) is 12.8 Å². The minimum Gasteiger partial charge on any atom is -0.368 e. The Bertz CT molecular complexity index is 361. The van der Waals surface area contributed by atoms with Crippen LogP contribution in [0.15, 0.2) is 0 Å². The average Bonchev–Trinajstić information content (AvgIpc) is 3.10. The summed E-state index contributed by atoms with van der Waals surface area (Å²) in [4.78, 5) is 14.5. The summed E-state index contributed by atoms with van der Waals surface area (Å²) in [5, 5.41) is 3.25. The zero-order valence-corrected chi connectivity index (χ0v) is 12.7. The number of carbonyl (C=O) groups is 1. The molecule has 0 bridgehead atoms. The Morgan fingerprint density at radius 2 is 1.95 bits per heavy atom. The molecule has 20 heavy (non-hydrogen) atoms. The topological polar surface area (TPSA) is 58.4 Å². The van der Waals surface area contributed by atoms with Gasteiger partial charge in [-0.3, -0.25) is 4.79 Å². The number of carbonyl (C=O) groups excluding carboxylic acids is 1. The largest absolute Gasteiger partial charge is 0.368 e. The Kier molecular flexibility index (Phi) is 4.04. The van der Waals surface area contributed by atoms with Gasteiger partial charge in [0.1, 0.15) is 5.54 Å². The first kappa shape index (κ1) is 14.3. The number of fused-ring (bicyclic) bond motifs is 1. The zero-order valence-electron chi connectivity index (χ0n) is 12.7. The van der Waals surface area contributed by atoms with Crippen molar-refractivity contribution in [3.8, 4) is 0 Å². The minimum atomic E-state index is -0.435. The highest BCUT2D eigenvalue weighted by Gasteiger charge is 2.46. The molecule has 1 saturated heterocycles. The number of nitrogens with one attached hydrogen (secondary N) is 1. The summed E-state index contributed by atoms with van der Waals surface area (Å²) in [5.74, 6) is 2.19. The lowest BCUT2D eigenvalue weighted by Gasteiger charge is -2.33. The van der Waals surface area contributed by atoms with Crippen LogP contribution in [-0.4, -0.2) is 43.0 Å². The highest BCUT2D eigenvalue weighted by molar-refractivity contribution is 5.85. The molecule has 4 unspecified atom stereocenters. The van der Waals surface area contributed by atoms with E-state index in [-0.39, 0.29) is 5.91 Å². The SMILES string of the molecule is CNC1(C(N)=O)CCCC1CCN1CC2CCCC2C1. The third-order valence-electron chi connectivity index (χ3n) is 6.30. The Balaban J connectivity index is 1.54. The molecule has 2 saturated carbocycles. The van der Waals surface area contributed by atoms with Crippen LogP contribution < -0.4 is 11.1 Å². The molecular weight excluding hydrogens is 250 g/mol. The lowest BCUT2D eigenvalue weighted by Crippen LogP contribution is -2.56. The molecule has 1 amide bonds. The molecule has 3 aliphatic rings. The molecule has 3 fully saturated rings. The van der Waals surface area contributed by atoms with Gasteiger partial charge in [-0.2, -0.15) is 0 Å². The molecule has 3 N–H and O–H groups in total. The highest BCUT2D eigenvalue weighted by Crippen LogP contribution is 2.40. The number of primary amides is 1. The number of hydrogen-bond acceptors (Lipinski definition) is 3. The van der Waals surface area contributed by atoms with Crippen LogP contribution >= 0.6 is 0 Å². The number of hydrogen-bond donors (Lipinski definition) is 2. The summed E-state index contributed by atoms with van der Waals surface area (Å²) < 4.78 is 0. The van der Waals surface area contributed by atoms with E-state index in [1.54, 1.807) is 0 Å². The maximum atomic E-state index is 11.9. The maximum Gasteiger partial charge on any atom is 0.238 e. The van der Waals surface area contributed by atoms with E-state index >= 15 is 0 Å². The fourth-order valence-corrected chi connectivity index (χ4v) is 5.10. The fourth-order valence-electron chi connectivity index (χ4n) is 5.10. The molecule has 3 rings (SSSR count). The van der Waals surface area contributed by atoms with Crippen molar-refractivity contribution in [1.29, 1.82) is 0 Å². The molecule has 0 aromatic heterocycles. The molecule has 4 atom stereocenters. The van der Waals surface area contributed by atoms with Crippen molar-refractivity contribution in [3.05, 3.63) is 0 Å². The van der Waals surface area contributed by atoms with Gasteiger partial charge in [0, 0.05) is 13.1 Å². The van der Waals surface area contributed by atoms with Gasteiger partial charge in [-0.05, 0) is 63.5 Å². The Hall–Kier alpha value is -0.610. The number of amides is 1. The third kappa shape index (κ3) is 2.37. The predicted octanol–water partition coefficient (Wildman–Crippen LogP) is 1.35. The monoisotopic (exact) mass is 279 g/mol. The van der Waals surface area contributed by atoms with Crippen LogP contribution in [0.3, 0.4) is 0 Å². The van der Waals surface area contributed by atoms with E-state index in [0.29, 0.717) is 5.92 Å². The van der Waals surface area contributed by atoms with Crippen molar-refractivity contribution in [2.75, 3.05) is 26.7 Å². The Labute approximate surface area is 122 Å². The van der Waals surface area contributed by atoms with E-state index < -0.39 is 5.54 Å². The fraction of sp³-hybridized carbons (Fsp3) is 0.938. The van der Waals surface area contributed by atoms with Crippen molar-refractivity contribution < 1.29 is 4.79 Å². The molecule has 0 aromatic rings. The third-order valence-corrected chi connectivity index (χ3v) is 6.30. The molecular formula is C16H29N3O. The van der Waals surface area contributed by atoms with E-state index in [1.807, 2.05) is 7.05 Å². The first-order chi connectivity index (χ1) is 9.65. The van der Waals surface area contributed by atoms with E-state index in [9.17, 15) is 4.79 Å². The molecule has 1 heterocycles. The van der Waals surface area contributed by atoms with Crippen LogP contribution in [-0.2, 0) is 4.79 Å². The molecule has 4 heteroatoms. The van der Waals surface area contributed by atoms with Gasteiger partial charge in [-0.25, -0.2) is 0 Å². The smallest absolute Gasteiger partial charge is 0.238 e. The van der Waals surface area contributed by atoms with Crippen molar-refractivity contribution in [3.63, 3.8) is 0 Å². The summed E-state index contributed by atoms with van der Waals surface area (Å²) in [6.45, 7) is 3.73. The average molecular weight is 279 g/mol. The molecule has 114 valence electrons. The molecule has 0 aromatic carbocycles. The quantitative estimate of drug-likeness (QED) is 0.799. The first-order valence-electron chi connectivity index (χ1n) is 8.37. The van der Waals surface area contributed by atoms with Crippen molar-refractivity contribution in [2.24, 2.45) is 23.5 Å². The van der Waals surface area contributed by atoms with E-state index in [1.165, 1.54) is 32.4 Å². The lowest BCUT2D eigenvalue weighted by molar-refractivity contribution is -0.125. The number of likely N-dealkylation sites (N-methyl/N-ethyl adjacent to an activating group) is 1. The van der Waals surface area contributed by atoms with Crippen LogP contribution in [0.4, 0.5) is 0 Å².